The van der Waals surface area contributed by atoms with E-state index < -0.39 is 6.04 Å². The second-order valence-corrected chi connectivity index (χ2v) is 11.2. The molecule has 0 aliphatic rings. The molecule has 0 spiro atoms. The highest BCUT2D eigenvalue weighted by Crippen LogP contribution is 2.26. The number of fused-ring (bicyclic) bond motifs is 2. The van der Waals surface area contributed by atoms with E-state index in [1.165, 1.54) is 0 Å². The molecule has 4 N–H and O–H groups in total. The van der Waals surface area contributed by atoms with Crippen molar-refractivity contribution in [2.75, 3.05) is 24.7 Å². The number of carbonyl (C=O) groups excluding carboxylic acids is 2. The molecule has 224 valence electrons. The third-order valence-electron chi connectivity index (χ3n) is 7.92. The van der Waals surface area contributed by atoms with Gasteiger partial charge in [-0.3, -0.25) is 9.59 Å². The Bertz CT molecular complexity index is 1700. The molecule has 0 saturated carbocycles. The largest absolute Gasteiger partial charge is 0.344 e. The van der Waals surface area contributed by atoms with Crippen molar-refractivity contribution in [3.63, 3.8) is 0 Å². The van der Waals surface area contributed by atoms with E-state index in [0.717, 1.165) is 58.9 Å². The molecule has 0 saturated heterocycles. The normalized spacial score (nSPS) is 12.1. The van der Waals surface area contributed by atoms with Gasteiger partial charge in [0.15, 0.2) is 0 Å². The van der Waals surface area contributed by atoms with E-state index in [9.17, 15) is 9.59 Å². The Morgan fingerprint density at radius 1 is 0.837 bits per heavy atom. The summed E-state index contributed by atoms with van der Waals surface area (Å²) in [5.74, 6) is 0.354. The van der Waals surface area contributed by atoms with Crippen molar-refractivity contribution < 1.29 is 14.2 Å². The van der Waals surface area contributed by atoms with Gasteiger partial charge in [-0.1, -0.05) is 25.5 Å². The fourth-order valence-corrected chi connectivity index (χ4v) is 5.73. The number of benzene rings is 2. The van der Waals surface area contributed by atoms with Crippen molar-refractivity contribution in [3.8, 4) is 0 Å². The summed E-state index contributed by atoms with van der Waals surface area (Å²) >= 11 is 0. The van der Waals surface area contributed by atoms with E-state index >= 15 is 0 Å². The van der Waals surface area contributed by atoms with Crippen LogP contribution in [0.5, 0.6) is 0 Å². The van der Waals surface area contributed by atoms with Crippen molar-refractivity contribution in [1.82, 2.24) is 19.8 Å². The van der Waals surface area contributed by atoms with Gasteiger partial charge in [-0.05, 0) is 68.0 Å². The van der Waals surface area contributed by atoms with Crippen LogP contribution in [0.25, 0.3) is 21.8 Å². The average Bonchev–Trinajstić information content (AvgIpc) is 3.57. The first-order valence-corrected chi connectivity index (χ1v) is 14.9. The molecule has 43 heavy (non-hydrogen) atoms. The summed E-state index contributed by atoms with van der Waals surface area (Å²) in [5.41, 5.74) is 5.39. The maximum atomic E-state index is 14.2. The summed E-state index contributed by atoms with van der Waals surface area (Å²) in [6, 6.07) is 20.1. The van der Waals surface area contributed by atoms with E-state index in [1.807, 2.05) is 51.1 Å². The van der Waals surface area contributed by atoms with Crippen LogP contribution in [0.15, 0.2) is 73.1 Å². The number of aromatic nitrogens is 3. The first kappa shape index (κ1) is 30.0. The van der Waals surface area contributed by atoms with E-state index in [4.69, 9.17) is 0 Å². The van der Waals surface area contributed by atoms with Crippen LogP contribution < -0.4 is 25.8 Å². The lowest BCUT2D eigenvalue weighted by Gasteiger charge is -2.17. The molecule has 5 rings (SSSR count). The van der Waals surface area contributed by atoms with Crippen molar-refractivity contribution >= 4 is 45.1 Å². The van der Waals surface area contributed by atoms with Crippen molar-refractivity contribution in [2.24, 2.45) is 14.1 Å². The summed E-state index contributed by atoms with van der Waals surface area (Å²) in [5, 5.41) is 14.8. The van der Waals surface area contributed by atoms with Crippen LogP contribution >= 0.6 is 0 Å². The molecule has 9 heteroatoms. The van der Waals surface area contributed by atoms with Gasteiger partial charge < -0.3 is 30.4 Å². The van der Waals surface area contributed by atoms with E-state index in [1.54, 1.807) is 16.8 Å². The Kier molecular flexibility index (Phi) is 9.23. The molecular formula is C34H42N7O2+. The molecule has 2 aromatic carbocycles. The number of hydrogen-bond acceptors (Lipinski definition) is 4. The zero-order chi connectivity index (χ0) is 30.5. The lowest BCUT2D eigenvalue weighted by atomic mass is 10.0. The third-order valence-corrected chi connectivity index (χ3v) is 7.92. The highest BCUT2D eigenvalue weighted by molar-refractivity contribution is 6.04. The van der Waals surface area contributed by atoms with E-state index in [2.05, 4.69) is 75.2 Å². The molecule has 2 amide bonds. The maximum absolute atomic E-state index is 14.2. The molecule has 9 nitrogen and oxygen atoms in total. The van der Waals surface area contributed by atoms with Gasteiger partial charge >= 0.3 is 0 Å². The fraction of sp³-hybridized carbons (Fsp3) is 0.324. The van der Waals surface area contributed by atoms with Gasteiger partial charge in [-0.2, -0.15) is 4.57 Å². The smallest absolute Gasteiger partial charge is 0.293 e. The van der Waals surface area contributed by atoms with Crippen molar-refractivity contribution in [3.05, 3.63) is 89.9 Å². The minimum atomic E-state index is -0.457. The zero-order valence-corrected chi connectivity index (χ0v) is 25.7. The molecule has 3 heterocycles. The molecule has 5 aromatic rings. The average molecular weight is 581 g/mol. The molecule has 0 aliphatic heterocycles. The summed E-state index contributed by atoms with van der Waals surface area (Å²) < 4.78 is 5.81. The van der Waals surface area contributed by atoms with E-state index in [0.29, 0.717) is 23.6 Å². The van der Waals surface area contributed by atoms with Crippen LogP contribution in [0, 0.1) is 0 Å². The number of nitrogens with zero attached hydrogens (tertiary/aromatic N) is 3. The molecule has 0 aliphatic carbocycles. The number of rotatable bonds is 12. The molecule has 0 fully saturated rings. The first-order valence-electron chi connectivity index (χ1n) is 14.9. The number of unbranched alkanes of at least 4 members (excludes halogenated alkanes) is 1. The van der Waals surface area contributed by atoms with Crippen molar-refractivity contribution in [2.45, 2.75) is 45.3 Å². The molecular weight excluding hydrogens is 538 g/mol. The van der Waals surface area contributed by atoms with E-state index in [-0.39, 0.29) is 11.8 Å². The Hall–Kier alpha value is -4.47. The van der Waals surface area contributed by atoms with Gasteiger partial charge in [-0.15, -0.1) is 0 Å². The van der Waals surface area contributed by atoms with Crippen LogP contribution in [-0.4, -0.2) is 35.0 Å². The first-order chi connectivity index (χ1) is 20.8. The third kappa shape index (κ3) is 6.48. The second-order valence-electron chi connectivity index (χ2n) is 11.2. The van der Waals surface area contributed by atoms with Crippen LogP contribution in [0.1, 0.15) is 53.8 Å². The fourth-order valence-electron chi connectivity index (χ4n) is 5.73. The number of anilines is 2. The monoisotopic (exact) mass is 580 g/mol. The second kappa shape index (κ2) is 13.2. The number of carbonyl (C=O) groups is 2. The summed E-state index contributed by atoms with van der Waals surface area (Å²) in [4.78, 5) is 27.3. The molecule has 0 radical (unpaired) electrons. The maximum Gasteiger partial charge on any atom is 0.293 e. The van der Waals surface area contributed by atoms with Crippen molar-refractivity contribution in [1.29, 1.82) is 0 Å². The zero-order valence-electron chi connectivity index (χ0n) is 25.7. The van der Waals surface area contributed by atoms with Crippen LogP contribution in [0.3, 0.4) is 0 Å². The quantitative estimate of drug-likeness (QED) is 0.123. The van der Waals surface area contributed by atoms with Gasteiger partial charge in [0.25, 0.3) is 11.8 Å². The highest BCUT2D eigenvalue weighted by atomic mass is 16.2. The van der Waals surface area contributed by atoms with Gasteiger partial charge in [0, 0.05) is 68.9 Å². The molecule has 3 aromatic heterocycles. The lowest BCUT2D eigenvalue weighted by molar-refractivity contribution is -0.659. The summed E-state index contributed by atoms with van der Waals surface area (Å²) in [6.45, 7) is 3.61. The SMILES string of the molecule is CCCCC(C(=O)Nc1cc(C(=O)Nc2cccn2C)n(C)c1)[n+]1c2cc(CNC)ccc2cc2ccc(CNC)cc21. The molecule has 0 bridgehead atoms. The number of nitrogens with one attached hydrogen (secondary N) is 4. The van der Waals surface area contributed by atoms with Crippen LogP contribution in [-0.2, 0) is 32.0 Å². The number of hydrogen-bond donors (Lipinski definition) is 4. The van der Waals surface area contributed by atoms with Crippen LogP contribution in [0.4, 0.5) is 11.5 Å². The summed E-state index contributed by atoms with van der Waals surface area (Å²) in [7, 11) is 7.56. The Morgan fingerprint density at radius 3 is 2.05 bits per heavy atom. The predicted octanol–water partition coefficient (Wildman–Crippen LogP) is 5.02. The summed E-state index contributed by atoms with van der Waals surface area (Å²) in [6.07, 6.45) is 6.21. The number of pyridine rings is 1. The lowest BCUT2D eigenvalue weighted by Crippen LogP contribution is -2.47. The standard InChI is InChI=1S/C34H41N7O2/c1-6-7-9-28(33(42)37-27-19-31(40(5)22-27)34(43)38-32-10-8-15-39(32)4)41-29-16-23(20-35-2)11-13-25(29)18-26-14-12-24(21-36-3)17-30(26)41/h8,10-19,22,28,35-36H,6-7,9,20-21H2,1-5H3,(H-,37,38,42,43)/p+1. The Balaban J connectivity index is 1.56. The van der Waals surface area contributed by atoms with Gasteiger partial charge in [0.1, 0.15) is 11.5 Å². The Morgan fingerprint density at radius 2 is 1.49 bits per heavy atom. The van der Waals surface area contributed by atoms with Gasteiger partial charge in [0.2, 0.25) is 17.1 Å². The highest BCUT2D eigenvalue weighted by Gasteiger charge is 2.32. The van der Waals surface area contributed by atoms with Gasteiger partial charge in [0.05, 0.1) is 5.69 Å². The molecule has 1 atom stereocenters. The topological polar surface area (TPSA) is 96.0 Å². The minimum Gasteiger partial charge on any atom is -0.344 e. The Labute approximate surface area is 252 Å². The van der Waals surface area contributed by atoms with Gasteiger partial charge in [-0.25, -0.2) is 0 Å². The molecule has 1 unspecified atom stereocenters. The number of aryl methyl sites for hydroxylation is 2. The van der Waals surface area contributed by atoms with Crippen LogP contribution in [0.2, 0.25) is 0 Å². The predicted molar refractivity (Wildman–Crippen MR) is 173 cm³/mol. The minimum absolute atomic E-state index is 0.106. The number of amides is 2.